The van der Waals surface area contributed by atoms with Gasteiger partial charge >= 0.3 is 6.01 Å². The molecule has 8 nitrogen and oxygen atoms in total. The third-order valence-corrected chi connectivity index (χ3v) is 1.68. The van der Waals surface area contributed by atoms with E-state index in [1.807, 2.05) is 0 Å². The van der Waals surface area contributed by atoms with E-state index in [0.29, 0.717) is 5.56 Å². The second kappa shape index (κ2) is 3.40. The summed E-state index contributed by atoms with van der Waals surface area (Å²) < 4.78 is 9.39. The highest BCUT2D eigenvalue weighted by Gasteiger charge is 2.19. The number of carbonyl (C=O) groups excluding carboxylic acids is 1. The van der Waals surface area contributed by atoms with Crippen molar-refractivity contribution in [3.05, 3.63) is 12.0 Å². The Morgan fingerprint density at radius 3 is 2.93 bits per heavy atom. The maximum absolute atomic E-state index is 10.9. The summed E-state index contributed by atoms with van der Waals surface area (Å²) in [7, 11) is 1.62. The molecule has 78 valence electrons. The molecular weight excluding hydrogens is 202 g/mol. The first-order valence-electron chi connectivity index (χ1n) is 3.98. The second-order valence-electron chi connectivity index (χ2n) is 2.61. The molecule has 0 spiro atoms. The third-order valence-electron chi connectivity index (χ3n) is 1.68. The van der Waals surface area contributed by atoms with E-state index in [0.717, 1.165) is 0 Å². The van der Waals surface area contributed by atoms with E-state index in [1.165, 1.54) is 6.26 Å². The molecule has 0 aliphatic carbocycles. The molecule has 15 heavy (non-hydrogen) atoms. The molecular formula is C7H7N5O3. The fraction of sp³-hybridized carbons (Fsp3) is 0.143. The molecule has 3 N–H and O–H groups in total. The van der Waals surface area contributed by atoms with Crippen LogP contribution in [0.15, 0.2) is 15.3 Å². The summed E-state index contributed by atoms with van der Waals surface area (Å²) in [6.07, 6.45) is 1.23. The predicted molar refractivity (Wildman–Crippen MR) is 47.9 cm³/mol. The summed E-state index contributed by atoms with van der Waals surface area (Å²) in [5, 5.41) is 9.70. The van der Waals surface area contributed by atoms with Crippen LogP contribution in [0.1, 0.15) is 10.5 Å². The van der Waals surface area contributed by atoms with Gasteiger partial charge in [0.25, 0.3) is 5.91 Å². The minimum Gasteiger partial charge on any atom is -0.364 e. The van der Waals surface area contributed by atoms with Crippen molar-refractivity contribution >= 4 is 11.9 Å². The second-order valence-corrected chi connectivity index (χ2v) is 2.61. The Morgan fingerprint density at radius 1 is 1.53 bits per heavy atom. The van der Waals surface area contributed by atoms with Gasteiger partial charge in [0.15, 0.2) is 5.69 Å². The Labute approximate surface area is 83.4 Å². The number of nitrogens with one attached hydrogen (secondary N) is 1. The van der Waals surface area contributed by atoms with Crippen LogP contribution in [0.5, 0.6) is 0 Å². The summed E-state index contributed by atoms with van der Waals surface area (Å²) in [5.74, 6) is -0.524. The molecule has 0 radical (unpaired) electrons. The van der Waals surface area contributed by atoms with Gasteiger partial charge in [0.2, 0.25) is 5.82 Å². The lowest BCUT2D eigenvalue weighted by Crippen LogP contribution is -2.12. The van der Waals surface area contributed by atoms with Crippen LogP contribution in [-0.4, -0.2) is 28.3 Å². The van der Waals surface area contributed by atoms with E-state index in [-0.39, 0.29) is 17.5 Å². The SMILES string of the molecule is CNc1nc(-c2conc2C(N)=O)no1. The van der Waals surface area contributed by atoms with Crippen molar-refractivity contribution in [1.82, 2.24) is 15.3 Å². The van der Waals surface area contributed by atoms with Crippen LogP contribution in [-0.2, 0) is 0 Å². The fourth-order valence-corrected chi connectivity index (χ4v) is 1.01. The van der Waals surface area contributed by atoms with Crippen LogP contribution in [0.25, 0.3) is 11.4 Å². The van der Waals surface area contributed by atoms with Crippen LogP contribution in [0, 0.1) is 0 Å². The molecule has 2 aromatic heterocycles. The predicted octanol–water partition coefficient (Wildman–Crippen LogP) is -0.135. The van der Waals surface area contributed by atoms with E-state index in [9.17, 15) is 4.79 Å². The molecule has 2 heterocycles. The lowest BCUT2D eigenvalue weighted by Gasteiger charge is -1.88. The summed E-state index contributed by atoms with van der Waals surface area (Å²) in [5.41, 5.74) is 5.34. The first-order valence-corrected chi connectivity index (χ1v) is 3.98. The molecule has 0 fully saturated rings. The van der Waals surface area contributed by atoms with Crippen molar-refractivity contribution in [2.45, 2.75) is 0 Å². The molecule has 0 aliphatic heterocycles. The van der Waals surface area contributed by atoms with Gasteiger partial charge in [-0.1, -0.05) is 10.3 Å². The van der Waals surface area contributed by atoms with Crippen LogP contribution < -0.4 is 11.1 Å². The van der Waals surface area contributed by atoms with E-state index < -0.39 is 5.91 Å². The van der Waals surface area contributed by atoms with E-state index >= 15 is 0 Å². The van der Waals surface area contributed by atoms with Crippen LogP contribution in [0.2, 0.25) is 0 Å². The van der Waals surface area contributed by atoms with Crippen molar-refractivity contribution < 1.29 is 13.8 Å². The summed E-state index contributed by atoms with van der Waals surface area (Å²) >= 11 is 0. The molecule has 8 heteroatoms. The third kappa shape index (κ3) is 1.52. The zero-order valence-electron chi connectivity index (χ0n) is 7.72. The van der Waals surface area contributed by atoms with Gasteiger partial charge in [-0.15, -0.1) is 0 Å². The standard InChI is InChI=1S/C7H7N5O3/c1-9-7-10-6(12-15-7)3-2-14-11-4(3)5(8)13/h2H,1H3,(H2,8,13)(H,9,10,12). The highest BCUT2D eigenvalue weighted by atomic mass is 16.5. The van der Waals surface area contributed by atoms with Crippen molar-refractivity contribution in [1.29, 1.82) is 0 Å². The molecule has 0 aliphatic rings. The largest absolute Gasteiger partial charge is 0.364 e. The lowest BCUT2D eigenvalue weighted by atomic mass is 10.2. The summed E-state index contributed by atoms with van der Waals surface area (Å²) in [6.45, 7) is 0. The first-order chi connectivity index (χ1) is 7.22. The molecule has 0 aromatic carbocycles. The van der Waals surface area contributed by atoms with E-state index in [4.69, 9.17) is 10.3 Å². The van der Waals surface area contributed by atoms with Crippen LogP contribution >= 0.6 is 0 Å². The number of hydrogen-bond donors (Lipinski definition) is 2. The van der Waals surface area contributed by atoms with Gasteiger partial charge in [0.05, 0.1) is 5.56 Å². The number of nitrogens with two attached hydrogens (primary N) is 1. The van der Waals surface area contributed by atoms with Gasteiger partial charge in [-0.25, -0.2) is 0 Å². The van der Waals surface area contributed by atoms with E-state index in [1.54, 1.807) is 7.05 Å². The van der Waals surface area contributed by atoms with Crippen LogP contribution in [0.3, 0.4) is 0 Å². The molecule has 0 unspecified atom stereocenters. The molecule has 0 saturated heterocycles. The number of rotatable bonds is 3. The Kier molecular flexibility index (Phi) is 2.08. The van der Waals surface area contributed by atoms with Gasteiger partial charge in [0, 0.05) is 7.05 Å². The van der Waals surface area contributed by atoms with Gasteiger partial charge in [-0.2, -0.15) is 4.98 Å². The topological polar surface area (TPSA) is 120 Å². The number of nitrogens with zero attached hydrogens (tertiary/aromatic N) is 3. The summed E-state index contributed by atoms with van der Waals surface area (Å²) in [6, 6.07) is 0.224. The van der Waals surface area contributed by atoms with Gasteiger partial charge in [0.1, 0.15) is 6.26 Å². The average Bonchev–Trinajstić information content (AvgIpc) is 2.85. The Morgan fingerprint density at radius 2 is 2.33 bits per heavy atom. The Hall–Kier alpha value is -2.38. The number of anilines is 1. The number of aromatic nitrogens is 3. The quantitative estimate of drug-likeness (QED) is 0.721. The van der Waals surface area contributed by atoms with Crippen molar-refractivity contribution in [2.75, 3.05) is 12.4 Å². The molecule has 0 atom stereocenters. The van der Waals surface area contributed by atoms with Gasteiger partial charge in [-0.05, 0) is 0 Å². The maximum atomic E-state index is 10.9. The molecule has 2 aromatic rings. The van der Waals surface area contributed by atoms with Crippen molar-refractivity contribution in [2.24, 2.45) is 5.73 Å². The van der Waals surface area contributed by atoms with Crippen LogP contribution in [0.4, 0.5) is 6.01 Å². The smallest absolute Gasteiger partial charge is 0.321 e. The Bertz CT molecular complexity index is 488. The molecule has 0 saturated carbocycles. The Balaban J connectivity index is 2.44. The van der Waals surface area contributed by atoms with Crippen molar-refractivity contribution in [3.8, 4) is 11.4 Å². The first kappa shape index (κ1) is 9.19. The zero-order chi connectivity index (χ0) is 10.8. The van der Waals surface area contributed by atoms with E-state index in [2.05, 4.69) is 25.1 Å². The monoisotopic (exact) mass is 209 g/mol. The normalized spacial score (nSPS) is 10.2. The number of hydrogen-bond acceptors (Lipinski definition) is 7. The molecule has 2 rings (SSSR count). The highest BCUT2D eigenvalue weighted by molar-refractivity contribution is 5.96. The highest BCUT2D eigenvalue weighted by Crippen LogP contribution is 2.20. The fourth-order valence-electron chi connectivity index (χ4n) is 1.01. The van der Waals surface area contributed by atoms with Crippen molar-refractivity contribution in [3.63, 3.8) is 0 Å². The number of amides is 1. The minimum atomic E-state index is -0.713. The average molecular weight is 209 g/mol. The molecule has 0 bridgehead atoms. The van der Waals surface area contributed by atoms with Gasteiger partial charge in [-0.3, -0.25) is 4.79 Å². The zero-order valence-corrected chi connectivity index (χ0v) is 7.72. The minimum absolute atomic E-state index is 0.0292. The number of primary amides is 1. The number of carbonyl (C=O) groups is 1. The molecule has 1 amide bonds. The lowest BCUT2D eigenvalue weighted by molar-refractivity contribution is 0.0992. The maximum Gasteiger partial charge on any atom is 0.321 e. The van der Waals surface area contributed by atoms with Gasteiger partial charge < -0.3 is 20.1 Å². The summed E-state index contributed by atoms with van der Waals surface area (Å²) in [4.78, 5) is 14.8.